The highest BCUT2D eigenvalue weighted by Gasteiger charge is 2.25. The summed E-state index contributed by atoms with van der Waals surface area (Å²) >= 11 is 3.19. The second-order valence-electron chi connectivity index (χ2n) is 8.12. The fourth-order valence-electron chi connectivity index (χ4n) is 4.21. The van der Waals surface area contributed by atoms with E-state index < -0.39 is 0 Å². The molecule has 5 rings (SSSR count). The van der Waals surface area contributed by atoms with E-state index in [1.165, 1.54) is 28.6 Å². The zero-order chi connectivity index (χ0) is 22.2. The fraction of sp³-hybridized carbons (Fsp3) is 0.391. The molecule has 3 heterocycles. The molecule has 166 valence electrons. The summed E-state index contributed by atoms with van der Waals surface area (Å²) in [6.07, 6.45) is 4.15. The minimum atomic E-state index is -0.0918. The maximum absolute atomic E-state index is 12.5. The number of aromatic nitrogens is 4. The molecule has 1 aromatic carbocycles. The Morgan fingerprint density at radius 3 is 2.88 bits per heavy atom. The van der Waals surface area contributed by atoms with Gasteiger partial charge in [-0.15, -0.1) is 21.5 Å². The van der Waals surface area contributed by atoms with Crippen molar-refractivity contribution in [2.45, 2.75) is 44.7 Å². The van der Waals surface area contributed by atoms with Gasteiger partial charge in [0.25, 0.3) is 0 Å². The van der Waals surface area contributed by atoms with Gasteiger partial charge in [-0.3, -0.25) is 9.20 Å². The number of nitrogens with one attached hydrogen (secondary N) is 1. The molecule has 1 aliphatic carbocycles. The van der Waals surface area contributed by atoms with E-state index in [2.05, 4.69) is 29.4 Å². The first-order chi connectivity index (χ1) is 15.6. The predicted molar refractivity (Wildman–Crippen MR) is 129 cm³/mol. The number of thiophene rings is 1. The maximum Gasteiger partial charge on any atom is 0.234 e. The molecule has 0 unspecified atom stereocenters. The number of aryl methyl sites for hydroxylation is 2. The number of nitrogens with zero attached hydrogens (tertiary/aromatic N) is 4. The average Bonchev–Trinajstić information content (AvgIpc) is 3.38. The number of benzene rings is 1. The molecule has 0 saturated heterocycles. The van der Waals surface area contributed by atoms with Crippen molar-refractivity contribution in [1.29, 1.82) is 0 Å². The van der Waals surface area contributed by atoms with Crippen LogP contribution in [-0.4, -0.2) is 38.4 Å². The van der Waals surface area contributed by atoms with Crippen molar-refractivity contribution < 1.29 is 9.53 Å². The highest BCUT2D eigenvalue weighted by atomic mass is 32.2. The van der Waals surface area contributed by atoms with E-state index in [-0.39, 0.29) is 11.7 Å². The molecule has 4 aromatic rings. The summed E-state index contributed by atoms with van der Waals surface area (Å²) in [5.74, 6) is 2.55. The van der Waals surface area contributed by atoms with Crippen molar-refractivity contribution in [3.63, 3.8) is 0 Å². The minimum Gasteiger partial charge on any atom is -0.497 e. The number of hydrogen-bond donors (Lipinski definition) is 1. The average molecular weight is 468 g/mol. The normalized spacial score (nSPS) is 15.8. The second-order valence-corrected chi connectivity index (χ2v) is 10.1. The van der Waals surface area contributed by atoms with Crippen LogP contribution < -0.4 is 10.1 Å². The lowest BCUT2D eigenvalue weighted by atomic mass is 9.89. The second kappa shape index (κ2) is 8.71. The molecule has 0 bridgehead atoms. The SMILES string of the molecule is CCc1nc2sc3c(c2c2nnc(SCC(=O)Nc4ccc(OC)cc4)n12)CC[C@@H](C)C3. The number of rotatable bonds is 6. The summed E-state index contributed by atoms with van der Waals surface area (Å²) in [5, 5.41) is 13.8. The number of thioether (sulfide) groups is 1. The van der Waals surface area contributed by atoms with Gasteiger partial charge in [-0.2, -0.15) is 0 Å². The monoisotopic (exact) mass is 467 g/mol. The van der Waals surface area contributed by atoms with Gasteiger partial charge in [0.05, 0.1) is 18.2 Å². The zero-order valence-corrected chi connectivity index (χ0v) is 20.0. The number of methoxy groups -OCH3 is 1. The van der Waals surface area contributed by atoms with Gasteiger partial charge in [0.15, 0.2) is 10.8 Å². The number of hydrogen-bond acceptors (Lipinski definition) is 7. The highest BCUT2D eigenvalue weighted by molar-refractivity contribution is 7.99. The van der Waals surface area contributed by atoms with Gasteiger partial charge in [0.2, 0.25) is 5.91 Å². The number of anilines is 1. The van der Waals surface area contributed by atoms with E-state index in [4.69, 9.17) is 9.72 Å². The molecular formula is C23H25N5O2S2. The lowest BCUT2D eigenvalue weighted by molar-refractivity contribution is -0.113. The molecule has 1 aliphatic rings. The predicted octanol–water partition coefficient (Wildman–Crippen LogP) is 4.77. The fourth-order valence-corrected chi connectivity index (χ4v) is 6.36. The van der Waals surface area contributed by atoms with Crippen LogP contribution in [0.2, 0.25) is 0 Å². The molecule has 1 N–H and O–H groups in total. The summed E-state index contributed by atoms with van der Waals surface area (Å²) in [5.41, 5.74) is 3.00. The number of carbonyl (C=O) groups is 1. The first-order valence-corrected chi connectivity index (χ1v) is 12.6. The molecule has 9 heteroatoms. The van der Waals surface area contributed by atoms with E-state index in [0.29, 0.717) is 11.1 Å². The van der Waals surface area contributed by atoms with Crippen molar-refractivity contribution in [1.82, 2.24) is 19.6 Å². The van der Waals surface area contributed by atoms with Crippen LogP contribution in [0.1, 0.15) is 36.5 Å². The van der Waals surface area contributed by atoms with Crippen LogP contribution in [0.3, 0.4) is 0 Å². The Bertz CT molecular complexity index is 1300. The van der Waals surface area contributed by atoms with Gasteiger partial charge in [-0.05, 0) is 55.0 Å². The third-order valence-electron chi connectivity index (χ3n) is 5.86. The third-order valence-corrected chi connectivity index (χ3v) is 7.94. The Morgan fingerprint density at radius 1 is 1.31 bits per heavy atom. The molecule has 0 fully saturated rings. The number of ether oxygens (including phenoxy) is 1. The Morgan fingerprint density at radius 2 is 2.12 bits per heavy atom. The topological polar surface area (TPSA) is 81.4 Å². The number of amides is 1. The maximum atomic E-state index is 12.5. The van der Waals surface area contributed by atoms with Crippen LogP contribution in [0.4, 0.5) is 5.69 Å². The molecule has 0 aliphatic heterocycles. The Balaban J connectivity index is 1.41. The van der Waals surface area contributed by atoms with E-state index in [9.17, 15) is 4.79 Å². The summed E-state index contributed by atoms with van der Waals surface area (Å²) in [6.45, 7) is 4.41. The van der Waals surface area contributed by atoms with Crippen LogP contribution in [0, 0.1) is 5.92 Å². The highest BCUT2D eigenvalue weighted by Crippen LogP contribution is 2.39. The molecule has 0 spiro atoms. The van der Waals surface area contributed by atoms with Crippen LogP contribution in [0.5, 0.6) is 5.75 Å². The van der Waals surface area contributed by atoms with Gasteiger partial charge in [0, 0.05) is 17.0 Å². The van der Waals surface area contributed by atoms with Gasteiger partial charge >= 0.3 is 0 Å². The summed E-state index contributed by atoms with van der Waals surface area (Å²) in [7, 11) is 1.62. The van der Waals surface area contributed by atoms with Crippen LogP contribution >= 0.6 is 23.1 Å². The first kappa shape index (κ1) is 21.2. The summed E-state index contributed by atoms with van der Waals surface area (Å²) in [4.78, 5) is 20.0. The standard InChI is InChI=1S/C23H25N5O2S2/c1-4-18-25-22-20(16-10-5-13(2)11-17(16)32-22)21-26-27-23(28(18)21)31-12-19(29)24-14-6-8-15(30-3)9-7-14/h6-9,13H,4-5,10-12H2,1-3H3,(H,24,29)/t13-/m1/s1. The lowest BCUT2D eigenvalue weighted by Crippen LogP contribution is -2.14. The Hall–Kier alpha value is -2.65. The molecule has 3 aromatic heterocycles. The summed E-state index contributed by atoms with van der Waals surface area (Å²) in [6, 6.07) is 7.29. The van der Waals surface area contributed by atoms with Crippen molar-refractivity contribution >= 4 is 50.6 Å². The van der Waals surface area contributed by atoms with Crippen molar-refractivity contribution in [3.05, 3.63) is 40.5 Å². The van der Waals surface area contributed by atoms with E-state index in [1.807, 2.05) is 40.0 Å². The lowest BCUT2D eigenvalue weighted by Gasteiger charge is -2.17. The first-order valence-electron chi connectivity index (χ1n) is 10.8. The molecule has 0 radical (unpaired) electrons. The van der Waals surface area contributed by atoms with Gasteiger partial charge in [-0.25, -0.2) is 4.98 Å². The molecular weight excluding hydrogens is 442 g/mol. The van der Waals surface area contributed by atoms with Crippen LogP contribution in [0.15, 0.2) is 29.4 Å². The number of fused-ring (bicyclic) bond motifs is 5. The largest absolute Gasteiger partial charge is 0.497 e. The van der Waals surface area contributed by atoms with E-state index in [1.54, 1.807) is 7.11 Å². The number of carbonyl (C=O) groups excluding carboxylic acids is 1. The summed E-state index contributed by atoms with van der Waals surface area (Å²) < 4.78 is 7.20. The van der Waals surface area contributed by atoms with Crippen molar-refractivity contribution in [3.8, 4) is 5.75 Å². The molecule has 1 atom stereocenters. The van der Waals surface area contributed by atoms with E-state index >= 15 is 0 Å². The minimum absolute atomic E-state index is 0.0918. The van der Waals surface area contributed by atoms with Gasteiger partial charge < -0.3 is 10.1 Å². The van der Waals surface area contributed by atoms with Crippen LogP contribution in [0.25, 0.3) is 15.9 Å². The van der Waals surface area contributed by atoms with Gasteiger partial charge in [0.1, 0.15) is 16.4 Å². The van der Waals surface area contributed by atoms with Crippen LogP contribution in [-0.2, 0) is 24.1 Å². The smallest absolute Gasteiger partial charge is 0.234 e. The van der Waals surface area contributed by atoms with Crippen molar-refractivity contribution in [2.75, 3.05) is 18.2 Å². The Labute approximate surface area is 194 Å². The third kappa shape index (κ3) is 3.84. The van der Waals surface area contributed by atoms with Gasteiger partial charge in [-0.1, -0.05) is 25.6 Å². The zero-order valence-electron chi connectivity index (χ0n) is 18.3. The van der Waals surface area contributed by atoms with Crippen molar-refractivity contribution in [2.24, 2.45) is 5.92 Å². The van der Waals surface area contributed by atoms with E-state index in [0.717, 1.165) is 52.4 Å². The molecule has 1 amide bonds. The Kier molecular flexibility index (Phi) is 5.77. The quantitative estimate of drug-likeness (QED) is 0.412. The molecule has 7 nitrogen and oxygen atoms in total. The molecule has 0 saturated carbocycles. The molecule has 32 heavy (non-hydrogen) atoms.